The molecule has 0 saturated heterocycles. The number of halogens is 3. The van der Waals surface area contributed by atoms with E-state index in [4.69, 9.17) is 0 Å². The molecule has 1 amide bonds. The van der Waals surface area contributed by atoms with Crippen LogP contribution >= 0.6 is 0 Å². The number of rotatable bonds is 5. The van der Waals surface area contributed by atoms with Crippen LogP contribution in [0.1, 0.15) is 15.9 Å². The predicted molar refractivity (Wildman–Crippen MR) is 83.5 cm³/mol. The van der Waals surface area contributed by atoms with Crippen molar-refractivity contribution >= 4 is 23.3 Å². The first kappa shape index (κ1) is 18.9. The van der Waals surface area contributed by atoms with E-state index in [1.807, 2.05) is 0 Å². The van der Waals surface area contributed by atoms with Gasteiger partial charge in [0.25, 0.3) is 11.6 Å². The average molecular weight is 368 g/mol. The zero-order valence-electron chi connectivity index (χ0n) is 12.9. The summed E-state index contributed by atoms with van der Waals surface area (Å²) in [5.41, 5.74) is -2.44. The van der Waals surface area contributed by atoms with Gasteiger partial charge in [0.05, 0.1) is 16.1 Å². The summed E-state index contributed by atoms with van der Waals surface area (Å²) in [5.74, 6) is -2.27. The van der Waals surface area contributed by atoms with Crippen LogP contribution in [0.4, 0.5) is 24.5 Å². The molecule has 0 aromatic heterocycles. The Kier molecular flexibility index (Phi) is 5.55. The SMILES string of the molecule is O=C(COC(=O)c1ccccc1C(F)(F)F)Nc1ccccc1[N+](=O)[O-]. The molecule has 0 aliphatic carbocycles. The number of anilines is 1. The molecule has 0 aliphatic heterocycles. The number of carbonyl (C=O) groups is 2. The molecule has 7 nitrogen and oxygen atoms in total. The Morgan fingerprint density at radius 1 is 1.08 bits per heavy atom. The molecule has 26 heavy (non-hydrogen) atoms. The van der Waals surface area contributed by atoms with Gasteiger partial charge in [-0.25, -0.2) is 4.79 Å². The van der Waals surface area contributed by atoms with Gasteiger partial charge in [-0.05, 0) is 18.2 Å². The summed E-state index contributed by atoms with van der Waals surface area (Å²) >= 11 is 0. The molecule has 0 unspecified atom stereocenters. The van der Waals surface area contributed by atoms with Crippen LogP contribution in [0.2, 0.25) is 0 Å². The first-order valence-corrected chi connectivity index (χ1v) is 7.07. The van der Waals surface area contributed by atoms with Crippen molar-refractivity contribution in [2.45, 2.75) is 6.18 Å². The van der Waals surface area contributed by atoms with Crippen LogP contribution < -0.4 is 5.32 Å². The summed E-state index contributed by atoms with van der Waals surface area (Å²) in [4.78, 5) is 33.7. The minimum Gasteiger partial charge on any atom is -0.452 e. The summed E-state index contributed by atoms with van der Waals surface area (Å²) in [5, 5.41) is 13.0. The Labute approximate surface area is 144 Å². The summed E-state index contributed by atoms with van der Waals surface area (Å²) in [7, 11) is 0. The van der Waals surface area contributed by atoms with Gasteiger partial charge in [-0.3, -0.25) is 14.9 Å². The summed E-state index contributed by atoms with van der Waals surface area (Å²) in [6.45, 7) is -0.906. The quantitative estimate of drug-likeness (QED) is 0.495. The van der Waals surface area contributed by atoms with Gasteiger partial charge in [-0.2, -0.15) is 13.2 Å². The van der Waals surface area contributed by atoms with Crippen molar-refractivity contribution in [1.29, 1.82) is 0 Å². The molecule has 2 aromatic rings. The summed E-state index contributed by atoms with van der Waals surface area (Å²) < 4.78 is 43.2. The summed E-state index contributed by atoms with van der Waals surface area (Å²) in [6, 6.07) is 9.21. The molecule has 0 spiro atoms. The number of hydrogen-bond acceptors (Lipinski definition) is 5. The Hall–Kier alpha value is -3.43. The molecule has 0 fully saturated rings. The third-order valence-electron chi connectivity index (χ3n) is 3.16. The molecule has 0 aliphatic rings. The highest BCUT2D eigenvalue weighted by molar-refractivity contribution is 5.97. The number of carbonyl (C=O) groups excluding carboxylic acids is 2. The number of nitro benzene ring substituents is 1. The molecule has 0 heterocycles. The number of hydrogen-bond donors (Lipinski definition) is 1. The van der Waals surface area contributed by atoms with Crippen LogP contribution in [0.5, 0.6) is 0 Å². The van der Waals surface area contributed by atoms with Crippen molar-refractivity contribution in [3.63, 3.8) is 0 Å². The van der Waals surface area contributed by atoms with Crippen molar-refractivity contribution in [3.05, 3.63) is 69.8 Å². The van der Waals surface area contributed by atoms with E-state index in [9.17, 15) is 32.9 Å². The standard InChI is InChI=1S/C16H11F3N2O5/c17-16(18,19)11-6-2-1-5-10(11)15(23)26-9-14(22)20-12-7-3-4-8-13(12)21(24)25/h1-8H,9H2,(H,20,22). The van der Waals surface area contributed by atoms with E-state index in [1.54, 1.807) is 0 Å². The molecule has 0 bridgehead atoms. The van der Waals surface area contributed by atoms with Gasteiger partial charge in [0.2, 0.25) is 0 Å². The monoisotopic (exact) mass is 368 g/mol. The Morgan fingerprint density at radius 2 is 1.69 bits per heavy atom. The highest BCUT2D eigenvalue weighted by Gasteiger charge is 2.35. The molecule has 10 heteroatoms. The van der Waals surface area contributed by atoms with E-state index >= 15 is 0 Å². The van der Waals surface area contributed by atoms with E-state index in [-0.39, 0.29) is 11.4 Å². The number of para-hydroxylation sites is 2. The maximum atomic E-state index is 12.9. The fourth-order valence-corrected chi connectivity index (χ4v) is 2.04. The maximum Gasteiger partial charge on any atom is 0.417 e. The first-order chi connectivity index (χ1) is 12.2. The second-order valence-corrected chi connectivity index (χ2v) is 4.94. The molecular weight excluding hydrogens is 357 g/mol. The molecule has 0 atom stereocenters. The number of alkyl halides is 3. The highest BCUT2D eigenvalue weighted by Crippen LogP contribution is 2.32. The topological polar surface area (TPSA) is 98.5 Å². The van der Waals surface area contributed by atoms with Gasteiger partial charge >= 0.3 is 12.1 Å². The molecule has 2 aromatic carbocycles. The smallest absolute Gasteiger partial charge is 0.417 e. The molecule has 136 valence electrons. The van der Waals surface area contributed by atoms with Crippen LogP contribution in [0.3, 0.4) is 0 Å². The van der Waals surface area contributed by atoms with Gasteiger partial charge < -0.3 is 10.1 Å². The fourth-order valence-electron chi connectivity index (χ4n) is 2.04. The first-order valence-electron chi connectivity index (χ1n) is 7.07. The van der Waals surface area contributed by atoms with Gasteiger partial charge in [-0.15, -0.1) is 0 Å². The van der Waals surface area contributed by atoms with Crippen molar-refractivity contribution in [2.24, 2.45) is 0 Å². The second-order valence-electron chi connectivity index (χ2n) is 4.94. The summed E-state index contributed by atoms with van der Waals surface area (Å²) in [6.07, 6.45) is -4.76. The normalized spacial score (nSPS) is 10.9. The molecule has 0 saturated carbocycles. The number of ether oxygens (including phenoxy) is 1. The third kappa shape index (κ3) is 4.56. The number of benzene rings is 2. The number of amides is 1. The lowest BCUT2D eigenvalue weighted by molar-refractivity contribution is -0.383. The Balaban J connectivity index is 2.05. The van der Waals surface area contributed by atoms with Gasteiger partial charge in [0.1, 0.15) is 5.69 Å². The minimum atomic E-state index is -4.76. The minimum absolute atomic E-state index is 0.130. The fraction of sp³-hybridized carbons (Fsp3) is 0.125. The van der Waals surface area contributed by atoms with Crippen LogP contribution in [-0.4, -0.2) is 23.4 Å². The van der Waals surface area contributed by atoms with Crippen LogP contribution in [0.25, 0.3) is 0 Å². The number of esters is 1. The number of nitrogens with one attached hydrogen (secondary N) is 1. The molecule has 1 N–H and O–H groups in total. The lowest BCUT2D eigenvalue weighted by atomic mass is 10.1. The second kappa shape index (κ2) is 7.64. The van der Waals surface area contributed by atoms with Crippen LogP contribution in [0.15, 0.2) is 48.5 Å². The van der Waals surface area contributed by atoms with Crippen LogP contribution in [0, 0.1) is 10.1 Å². The van der Waals surface area contributed by atoms with E-state index in [2.05, 4.69) is 10.1 Å². The van der Waals surface area contributed by atoms with Crippen LogP contribution in [-0.2, 0) is 15.7 Å². The lowest BCUT2D eigenvalue weighted by Gasteiger charge is -2.12. The predicted octanol–water partition coefficient (Wildman–Crippen LogP) is 3.41. The van der Waals surface area contributed by atoms with Gasteiger partial charge in [0.15, 0.2) is 6.61 Å². The van der Waals surface area contributed by atoms with E-state index in [0.717, 1.165) is 18.2 Å². The largest absolute Gasteiger partial charge is 0.452 e. The molecule has 0 radical (unpaired) electrons. The van der Waals surface area contributed by atoms with E-state index in [1.165, 1.54) is 24.3 Å². The zero-order chi connectivity index (χ0) is 19.3. The van der Waals surface area contributed by atoms with Crippen molar-refractivity contribution in [2.75, 3.05) is 11.9 Å². The van der Waals surface area contributed by atoms with Gasteiger partial charge in [0, 0.05) is 6.07 Å². The lowest BCUT2D eigenvalue weighted by Crippen LogP contribution is -2.22. The molecule has 2 rings (SSSR count). The van der Waals surface area contributed by atoms with E-state index in [0.29, 0.717) is 6.07 Å². The Morgan fingerprint density at radius 3 is 2.35 bits per heavy atom. The van der Waals surface area contributed by atoms with Crippen molar-refractivity contribution in [1.82, 2.24) is 0 Å². The van der Waals surface area contributed by atoms with Crippen molar-refractivity contribution < 1.29 is 32.4 Å². The zero-order valence-corrected chi connectivity index (χ0v) is 12.9. The number of nitrogens with zero attached hydrogens (tertiary/aromatic N) is 1. The maximum absolute atomic E-state index is 12.9. The molecular formula is C16H11F3N2O5. The Bertz CT molecular complexity index is 852. The third-order valence-corrected chi connectivity index (χ3v) is 3.16. The van der Waals surface area contributed by atoms with Gasteiger partial charge in [-0.1, -0.05) is 24.3 Å². The highest BCUT2D eigenvalue weighted by atomic mass is 19.4. The average Bonchev–Trinajstić information content (AvgIpc) is 2.59. The van der Waals surface area contributed by atoms with E-state index < -0.39 is 40.7 Å². The number of nitro groups is 1. The van der Waals surface area contributed by atoms with Crippen molar-refractivity contribution in [3.8, 4) is 0 Å².